The van der Waals surface area contributed by atoms with Gasteiger partial charge in [-0.05, 0) is 47.2 Å². The molecule has 4 heteroatoms. The highest BCUT2D eigenvalue weighted by Gasteiger charge is 2.05. The zero-order valence-electron chi connectivity index (χ0n) is 9.22. The third-order valence-corrected chi connectivity index (χ3v) is 3.20. The fraction of sp³-hybridized carbons (Fsp3) is 0.417. The van der Waals surface area contributed by atoms with E-state index in [1.807, 2.05) is 18.2 Å². The SMILES string of the molecule is CCCCCC(=O)Nc1ccc(I)cc1Cl. The molecule has 0 aliphatic carbocycles. The van der Waals surface area contributed by atoms with Crippen LogP contribution in [0.4, 0.5) is 5.69 Å². The molecule has 88 valence electrons. The zero-order chi connectivity index (χ0) is 12.0. The standard InChI is InChI=1S/C12H15ClINO/c1-2-3-4-5-12(16)15-11-7-6-9(14)8-10(11)13/h6-8H,2-5H2,1H3,(H,15,16). The van der Waals surface area contributed by atoms with Crippen LogP contribution in [0.2, 0.25) is 5.02 Å². The fourth-order valence-corrected chi connectivity index (χ4v) is 2.24. The maximum atomic E-state index is 11.6. The fourth-order valence-electron chi connectivity index (χ4n) is 1.34. The number of benzene rings is 1. The summed E-state index contributed by atoms with van der Waals surface area (Å²) < 4.78 is 1.06. The molecule has 0 heterocycles. The molecule has 0 saturated carbocycles. The summed E-state index contributed by atoms with van der Waals surface area (Å²) in [5.41, 5.74) is 0.698. The summed E-state index contributed by atoms with van der Waals surface area (Å²) in [7, 11) is 0. The number of nitrogens with one attached hydrogen (secondary N) is 1. The van der Waals surface area contributed by atoms with Gasteiger partial charge in [-0.15, -0.1) is 0 Å². The monoisotopic (exact) mass is 351 g/mol. The Morgan fingerprint density at radius 1 is 1.44 bits per heavy atom. The average molecular weight is 352 g/mol. The molecule has 0 saturated heterocycles. The van der Waals surface area contributed by atoms with Crippen LogP contribution in [0.25, 0.3) is 0 Å². The summed E-state index contributed by atoms with van der Waals surface area (Å²) in [5.74, 6) is 0.0385. The molecular weight excluding hydrogens is 336 g/mol. The third kappa shape index (κ3) is 4.70. The lowest BCUT2D eigenvalue weighted by molar-refractivity contribution is -0.116. The molecule has 0 unspecified atom stereocenters. The number of rotatable bonds is 5. The number of hydrogen-bond donors (Lipinski definition) is 1. The van der Waals surface area contributed by atoms with Gasteiger partial charge in [-0.3, -0.25) is 4.79 Å². The van der Waals surface area contributed by atoms with E-state index >= 15 is 0 Å². The number of hydrogen-bond acceptors (Lipinski definition) is 1. The van der Waals surface area contributed by atoms with E-state index in [1.165, 1.54) is 0 Å². The first kappa shape index (κ1) is 13.8. The number of anilines is 1. The highest BCUT2D eigenvalue weighted by Crippen LogP contribution is 2.24. The van der Waals surface area contributed by atoms with Gasteiger partial charge in [-0.1, -0.05) is 31.4 Å². The maximum Gasteiger partial charge on any atom is 0.224 e. The minimum Gasteiger partial charge on any atom is -0.325 e. The quantitative estimate of drug-likeness (QED) is 0.616. The van der Waals surface area contributed by atoms with Gasteiger partial charge in [0.05, 0.1) is 10.7 Å². The molecule has 0 atom stereocenters. The summed E-state index contributed by atoms with van der Waals surface area (Å²) in [6.45, 7) is 2.12. The van der Waals surface area contributed by atoms with E-state index in [2.05, 4.69) is 34.8 Å². The first-order chi connectivity index (χ1) is 7.63. The van der Waals surface area contributed by atoms with Crippen LogP contribution >= 0.6 is 34.2 Å². The molecule has 0 radical (unpaired) electrons. The van der Waals surface area contributed by atoms with Crippen LogP contribution in [0.1, 0.15) is 32.6 Å². The molecule has 0 spiro atoms. The van der Waals surface area contributed by atoms with Crippen LogP contribution in [0.5, 0.6) is 0 Å². The molecule has 1 amide bonds. The Morgan fingerprint density at radius 2 is 2.19 bits per heavy atom. The highest BCUT2D eigenvalue weighted by molar-refractivity contribution is 14.1. The molecule has 16 heavy (non-hydrogen) atoms. The van der Waals surface area contributed by atoms with Crippen LogP contribution in [-0.4, -0.2) is 5.91 Å². The number of unbranched alkanes of at least 4 members (excludes halogenated alkanes) is 2. The lowest BCUT2D eigenvalue weighted by Gasteiger charge is -2.07. The number of carbonyl (C=O) groups is 1. The molecular formula is C12H15ClINO. The molecule has 1 rings (SSSR count). The van der Waals surface area contributed by atoms with Gasteiger partial charge < -0.3 is 5.32 Å². The molecule has 0 bridgehead atoms. The Kier molecular flexibility index (Phi) is 6.13. The molecule has 0 fully saturated rings. The lowest BCUT2D eigenvalue weighted by Crippen LogP contribution is -2.11. The van der Waals surface area contributed by atoms with E-state index in [0.717, 1.165) is 22.8 Å². The van der Waals surface area contributed by atoms with Gasteiger partial charge in [0.25, 0.3) is 0 Å². The van der Waals surface area contributed by atoms with Gasteiger partial charge in [0, 0.05) is 9.99 Å². The van der Waals surface area contributed by atoms with Crippen LogP contribution in [-0.2, 0) is 4.79 Å². The van der Waals surface area contributed by atoms with Crippen molar-refractivity contribution in [2.75, 3.05) is 5.32 Å². The Labute approximate surface area is 115 Å². The van der Waals surface area contributed by atoms with Gasteiger partial charge in [-0.2, -0.15) is 0 Å². The van der Waals surface area contributed by atoms with Crippen molar-refractivity contribution in [2.45, 2.75) is 32.6 Å². The van der Waals surface area contributed by atoms with Gasteiger partial charge >= 0.3 is 0 Å². The second-order valence-corrected chi connectivity index (χ2v) is 5.28. The second kappa shape index (κ2) is 7.12. The van der Waals surface area contributed by atoms with E-state index in [9.17, 15) is 4.79 Å². The summed E-state index contributed by atoms with van der Waals surface area (Å²) in [6, 6.07) is 5.60. The summed E-state index contributed by atoms with van der Waals surface area (Å²) in [5, 5.41) is 3.42. The van der Waals surface area contributed by atoms with E-state index in [1.54, 1.807) is 0 Å². The predicted molar refractivity (Wildman–Crippen MR) is 76.9 cm³/mol. The van der Waals surface area contributed by atoms with E-state index in [0.29, 0.717) is 17.1 Å². The maximum absolute atomic E-state index is 11.6. The third-order valence-electron chi connectivity index (χ3n) is 2.21. The van der Waals surface area contributed by atoms with Crippen molar-refractivity contribution < 1.29 is 4.79 Å². The predicted octanol–water partition coefficient (Wildman–Crippen LogP) is 4.46. The van der Waals surface area contributed by atoms with Crippen LogP contribution in [0.15, 0.2) is 18.2 Å². The van der Waals surface area contributed by atoms with Crippen molar-refractivity contribution in [1.29, 1.82) is 0 Å². The van der Waals surface area contributed by atoms with Crippen molar-refractivity contribution in [1.82, 2.24) is 0 Å². The molecule has 0 aliphatic heterocycles. The minimum atomic E-state index is 0.0385. The summed E-state index contributed by atoms with van der Waals surface area (Å²) in [4.78, 5) is 11.6. The van der Waals surface area contributed by atoms with E-state index in [-0.39, 0.29) is 5.91 Å². The van der Waals surface area contributed by atoms with Crippen LogP contribution < -0.4 is 5.32 Å². The van der Waals surface area contributed by atoms with Gasteiger partial charge in [0.1, 0.15) is 0 Å². The smallest absolute Gasteiger partial charge is 0.224 e. The molecule has 2 nitrogen and oxygen atoms in total. The first-order valence-electron chi connectivity index (χ1n) is 5.38. The largest absolute Gasteiger partial charge is 0.325 e. The summed E-state index contributed by atoms with van der Waals surface area (Å²) >= 11 is 8.20. The highest BCUT2D eigenvalue weighted by atomic mass is 127. The number of amides is 1. The molecule has 1 N–H and O–H groups in total. The van der Waals surface area contributed by atoms with Crippen molar-refractivity contribution in [2.24, 2.45) is 0 Å². The topological polar surface area (TPSA) is 29.1 Å². The molecule has 0 aliphatic rings. The number of halogens is 2. The first-order valence-corrected chi connectivity index (χ1v) is 6.84. The Hall–Kier alpha value is -0.290. The van der Waals surface area contributed by atoms with Gasteiger partial charge in [-0.25, -0.2) is 0 Å². The summed E-state index contributed by atoms with van der Waals surface area (Å²) in [6.07, 6.45) is 3.71. The average Bonchev–Trinajstić information content (AvgIpc) is 2.23. The Balaban J connectivity index is 2.49. The van der Waals surface area contributed by atoms with E-state index in [4.69, 9.17) is 11.6 Å². The second-order valence-electron chi connectivity index (χ2n) is 3.63. The van der Waals surface area contributed by atoms with Gasteiger partial charge in [0.2, 0.25) is 5.91 Å². The molecule has 1 aromatic rings. The van der Waals surface area contributed by atoms with Crippen molar-refractivity contribution in [3.63, 3.8) is 0 Å². The normalized spacial score (nSPS) is 10.2. The molecule has 1 aromatic carbocycles. The van der Waals surface area contributed by atoms with E-state index < -0.39 is 0 Å². The van der Waals surface area contributed by atoms with Crippen molar-refractivity contribution in [3.8, 4) is 0 Å². The Morgan fingerprint density at radius 3 is 2.81 bits per heavy atom. The Bertz CT molecular complexity index is 368. The lowest BCUT2D eigenvalue weighted by atomic mass is 10.2. The van der Waals surface area contributed by atoms with Gasteiger partial charge in [0.15, 0.2) is 0 Å². The van der Waals surface area contributed by atoms with Crippen LogP contribution in [0.3, 0.4) is 0 Å². The van der Waals surface area contributed by atoms with Crippen molar-refractivity contribution in [3.05, 3.63) is 26.8 Å². The van der Waals surface area contributed by atoms with Crippen LogP contribution in [0, 0.1) is 3.57 Å². The number of carbonyl (C=O) groups excluding carboxylic acids is 1. The zero-order valence-corrected chi connectivity index (χ0v) is 12.1. The minimum absolute atomic E-state index is 0.0385. The van der Waals surface area contributed by atoms with Crippen molar-refractivity contribution >= 4 is 45.8 Å². The molecule has 0 aromatic heterocycles.